The second-order valence-electron chi connectivity index (χ2n) is 3.13. The van der Waals surface area contributed by atoms with E-state index in [2.05, 4.69) is 22.0 Å². The molecule has 0 N–H and O–H groups in total. The van der Waals surface area contributed by atoms with Crippen LogP contribution in [0.25, 0.3) is 0 Å². The summed E-state index contributed by atoms with van der Waals surface area (Å²) in [5.41, 5.74) is 1.20. The number of thioether (sulfide) groups is 1. The van der Waals surface area contributed by atoms with Crippen molar-refractivity contribution in [2.45, 2.75) is 12.2 Å². The number of ether oxygens (including phenoxy) is 1. The van der Waals surface area contributed by atoms with Gasteiger partial charge in [0.05, 0.1) is 0 Å². The number of halogens is 2. The van der Waals surface area contributed by atoms with Crippen molar-refractivity contribution in [3.05, 3.63) is 33.3 Å². The summed E-state index contributed by atoms with van der Waals surface area (Å²) in [6.07, 6.45) is 1.09. The van der Waals surface area contributed by atoms with Gasteiger partial charge in [-0.3, -0.25) is 0 Å². The molecule has 0 spiro atoms. The largest absolute Gasteiger partial charge is 0.385 e. The van der Waals surface area contributed by atoms with Crippen molar-refractivity contribution in [3.8, 4) is 0 Å². The highest BCUT2D eigenvalue weighted by atomic mass is 79.9. The first-order chi connectivity index (χ1) is 7.24. The third-order valence-electron chi connectivity index (χ3n) is 1.91. The molecule has 1 aromatic carbocycles. The standard InChI is InChI=1S/C11H14BrClOS/c1-14-5-2-6-15-8-9-3-4-10(12)7-11(9)13/h3-4,7H,2,5-6,8H2,1H3. The van der Waals surface area contributed by atoms with Gasteiger partial charge < -0.3 is 4.74 Å². The third kappa shape index (κ3) is 5.25. The van der Waals surface area contributed by atoms with E-state index in [1.54, 1.807) is 7.11 Å². The van der Waals surface area contributed by atoms with Crippen LogP contribution in [0.4, 0.5) is 0 Å². The van der Waals surface area contributed by atoms with Crippen LogP contribution in [0.3, 0.4) is 0 Å². The van der Waals surface area contributed by atoms with Crippen molar-refractivity contribution in [2.24, 2.45) is 0 Å². The van der Waals surface area contributed by atoms with Gasteiger partial charge in [-0.05, 0) is 29.9 Å². The number of rotatable bonds is 6. The molecule has 0 aliphatic heterocycles. The Labute approximate surface area is 109 Å². The third-order valence-corrected chi connectivity index (χ3v) is 3.85. The molecule has 0 aromatic heterocycles. The molecule has 0 atom stereocenters. The van der Waals surface area contributed by atoms with Crippen LogP contribution in [-0.2, 0) is 10.5 Å². The topological polar surface area (TPSA) is 9.23 Å². The average Bonchev–Trinajstić information content (AvgIpc) is 2.20. The molecule has 0 saturated carbocycles. The molecule has 0 bridgehead atoms. The van der Waals surface area contributed by atoms with E-state index in [0.29, 0.717) is 0 Å². The summed E-state index contributed by atoms with van der Waals surface area (Å²) in [5.74, 6) is 2.08. The second kappa shape index (κ2) is 7.55. The number of hydrogen-bond donors (Lipinski definition) is 0. The molecule has 0 unspecified atom stereocenters. The van der Waals surface area contributed by atoms with Crippen molar-refractivity contribution in [1.29, 1.82) is 0 Å². The van der Waals surface area contributed by atoms with E-state index in [9.17, 15) is 0 Å². The van der Waals surface area contributed by atoms with Crippen LogP contribution in [0.5, 0.6) is 0 Å². The van der Waals surface area contributed by atoms with Gasteiger partial charge in [-0.25, -0.2) is 0 Å². The van der Waals surface area contributed by atoms with Gasteiger partial charge in [0, 0.05) is 29.0 Å². The minimum absolute atomic E-state index is 0.834. The fourth-order valence-electron chi connectivity index (χ4n) is 1.13. The van der Waals surface area contributed by atoms with Gasteiger partial charge in [0.25, 0.3) is 0 Å². The molecule has 0 heterocycles. The first kappa shape index (κ1) is 13.4. The smallest absolute Gasteiger partial charge is 0.0470 e. The Morgan fingerprint density at radius 2 is 2.27 bits per heavy atom. The highest BCUT2D eigenvalue weighted by Crippen LogP contribution is 2.25. The summed E-state index contributed by atoms with van der Waals surface area (Å²) in [4.78, 5) is 0. The molecule has 0 aliphatic rings. The van der Waals surface area contributed by atoms with Crippen LogP contribution in [-0.4, -0.2) is 19.5 Å². The molecule has 1 aromatic rings. The Bertz CT molecular complexity index is 307. The van der Waals surface area contributed by atoms with Crippen molar-refractivity contribution < 1.29 is 4.74 Å². The Morgan fingerprint density at radius 1 is 1.47 bits per heavy atom. The van der Waals surface area contributed by atoms with Crippen LogP contribution in [0, 0.1) is 0 Å². The second-order valence-corrected chi connectivity index (χ2v) is 5.56. The fraction of sp³-hybridized carbons (Fsp3) is 0.455. The lowest BCUT2D eigenvalue weighted by atomic mass is 10.2. The summed E-state index contributed by atoms with van der Waals surface area (Å²) < 4.78 is 6.02. The van der Waals surface area contributed by atoms with Gasteiger partial charge >= 0.3 is 0 Å². The molecule has 15 heavy (non-hydrogen) atoms. The fourth-order valence-corrected chi connectivity index (χ4v) is 2.88. The minimum atomic E-state index is 0.834. The zero-order chi connectivity index (χ0) is 11.1. The van der Waals surface area contributed by atoms with Gasteiger partial charge in [-0.1, -0.05) is 33.6 Å². The molecule has 4 heteroatoms. The molecule has 84 valence electrons. The summed E-state index contributed by atoms with van der Waals surface area (Å²) in [6.45, 7) is 0.834. The molecule has 1 nitrogen and oxygen atoms in total. The summed E-state index contributed by atoms with van der Waals surface area (Å²) in [6, 6.07) is 6.03. The predicted octanol–water partition coefficient (Wildman–Crippen LogP) is 4.37. The average molecular weight is 310 g/mol. The van der Waals surface area contributed by atoms with Crippen molar-refractivity contribution in [3.63, 3.8) is 0 Å². The van der Waals surface area contributed by atoms with E-state index in [4.69, 9.17) is 16.3 Å². The van der Waals surface area contributed by atoms with Crippen LogP contribution < -0.4 is 0 Å². The monoisotopic (exact) mass is 308 g/mol. The van der Waals surface area contributed by atoms with Crippen LogP contribution in [0.2, 0.25) is 5.02 Å². The van der Waals surface area contributed by atoms with Crippen molar-refractivity contribution in [1.82, 2.24) is 0 Å². The lowest BCUT2D eigenvalue weighted by Crippen LogP contribution is -1.91. The highest BCUT2D eigenvalue weighted by Gasteiger charge is 2.00. The van der Waals surface area contributed by atoms with E-state index < -0.39 is 0 Å². The van der Waals surface area contributed by atoms with E-state index in [1.807, 2.05) is 23.9 Å². The van der Waals surface area contributed by atoms with Crippen molar-refractivity contribution in [2.75, 3.05) is 19.5 Å². The van der Waals surface area contributed by atoms with Crippen molar-refractivity contribution >= 4 is 39.3 Å². The molecule has 0 fully saturated rings. The molecular formula is C11H14BrClOS. The minimum Gasteiger partial charge on any atom is -0.385 e. The zero-order valence-electron chi connectivity index (χ0n) is 8.63. The van der Waals surface area contributed by atoms with Gasteiger partial charge in [0.1, 0.15) is 0 Å². The SMILES string of the molecule is COCCCSCc1ccc(Br)cc1Cl. The zero-order valence-corrected chi connectivity index (χ0v) is 11.8. The summed E-state index contributed by atoms with van der Waals surface area (Å²) in [5, 5.41) is 0.837. The first-order valence-corrected chi connectivity index (χ1v) is 7.07. The Hall–Kier alpha value is 0.300. The Balaban J connectivity index is 2.31. The van der Waals surface area contributed by atoms with Crippen LogP contribution >= 0.6 is 39.3 Å². The quantitative estimate of drug-likeness (QED) is 0.722. The number of benzene rings is 1. The summed E-state index contributed by atoms with van der Waals surface area (Å²) in [7, 11) is 1.73. The summed E-state index contributed by atoms with van der Waals surface area (Å²) >= 11 is 11.4. The lowest BCUT2D eigenvalue weighted by Gasteiger charge is -2.04. The number of methoxy groups -OCH3 is 1. The Morgan fingerprint density at radius 3 is 2.93 bits per heavy atom. The van der Waals surface area contributed by atoms with E-state index >= 15 is 0 Å². The first-order valence-electron chi connectivity index (χ1n) is 4.74. The van der Waals surface area contributed by atoms with Gasteiger partial charge in [0.2, 0.25) is 0 Å². The van der Waals surface area contributed by atoms with E-state index in [-0.39, 0.29) is 0 Å². The molecular weight excluding hydrogens is 296 g/mol. The normalized spacial score (nSPS) is 10.6. The molecule has 1 rings (SSSR count). The number of hydrogen-bond acceptors (Lipinski definition) is 2. The van der Waals surface area contributed by atoms with E-state index in [1.165, 1.54) is 5.56 Å². The molecule has 0 aliphatic carbocycles. The molecule has 0 radical (unpaired) electrons. The van der Waals surface area contributed by atoms with Gasteiger partial charge in [0.15, 0.2) is 0 Å². The molecule has 0 saturated heterocycles. The lowest BCUT2D eigenvalue weighted by molar-refractivity contribution is 0.200. The van der Waals surface area contributed by atoms with Crippen LogP contribution in [0.1, 0.15) is 12.0 Å². The maximum absolute atomic E-state index is 6.10. The van der Waals surface area contributed by atoms with Gasteiger partial charge in [-0.2, -0.15) is 11.8 Å². The highest BCUT2D eigenvalue weighted by molar-refractivity contribution is 9.10. The Kier molecular flexibility index (Phi) is 6.73. The maximum atomic E-state index is 6.10. The van der Waals surface area contributed by atoms with E-state index in [0.717, 1.165) is 34.0 Å². The van der Waals surface area contributed by atoms with Gasteiger partial charge in [-0.15, -0.1) is 0 Å². The van der Waals surface area contributed by atoms with Crippen LogP contribution in [0.15, 0.2) is 22.7 Å². The molecule has 0 amide bonds. The predicted molar refractivity (Wildman–Crippen MR) is 71.8 cm³/mol. The maximum Gasteiger partial charge on any atom is 0.0470 e.